The summed E-state index contributed by atoms with van der Waals surface area (Å²) in [6.45, 7) is 6.83. The van der Waals surface area contributed by atoms with Gasteiger partial charge in [-0.15, -0.1) is 24.0 Å². The minimum atomic E-state index is -5.23. The van der Waals surface area contributed by atoms with Crippen molar-refractivity contribution in [3.8, 4) is 0 Å². The lowest BCUT2D eigenvalue weighted by Gasteiger charge is -2.32. The summed E-state index contributed by atoms with van der Waals surface area (Å²) < 4.78 is 61.2. The third-order valence-electron chi connectivity index (χ3n) is 4.79. The first-order valence-corrected chi connectivity index (χ1v) is 10.9. The summed E-state index contributed by atoms with van der Waals surface area (Å²) in [5.41, 5.74) is -5.23. The van der Waals surface area contributed by atoms with Crippen LogP contribution in [0.2, 0.25) is 0 Å². The van der Waals surface area contributed by atoms with Crippen LogP contribution >= 0.6 is 24.0 Å². The van der Waals surface area contributed by atoms with Gasteiger partial charge in [-0.1, -0.05) is 26.7 Å². The fraction of sp³-hybridized carbons (Fsp3) is 0.941. The van der Waals surface area contributed by atoms with Crippen LogP contribution in [0.5, 0.6) is 0 Å². The van der Waals surface area contributed by atoms with E-state index >= 15 is 0 Å². The fourth-order valence-corrected chi connectivity index (χ4v) is 4.06. The number of nitrogens with one attached hydrogen (secondary N) is 2. The number of guanidine groups is 1. The Bertz CT molecular complexity index is 577. The number of halogens is 4. The summed E-state index contributed by atoms with van der Waals surface area (Å²) in [7, 11) is -3.54. The van der Waals surface area contributed by atoms with Crippen LogP contribution in [0.15, 0.2) is 4.99 Å². The monoisotopic (exact) mass is 542 g/mol. The first-order chi connectivity index (χ1) is 12.5. The molecule has 1 atom stereocenters. The predicted octanol–water partition coefficient (Wildman–Crippen LogP) is 3.55. The van der Waals surface area contributed by atoms with Crippen LogP contribution in [0.25, 0.3) is 0 Å². The molecule has 0 aliphatic carbocycles. The van der Waals surface area contributed by atoms with Gasteiger partial charge in [0.1, 0.15) is 0 Å². The zero-order chi connectivity index (χ0) is 20.7. The van der Waals surface area contributed by atoms with Crippen LogP contribution in [-0.2, 0) is 10.0 Å². The Labute approximate surface area is 184 Å². The van der Waals surface area contributed by atoms with Crippen molar-refractivity contribution in [1.29, 1.82) is 0 Å². The van der Waals surface area contributed by atoms with E-state index in [0.717, 1.165) is 12.8 Å². The molecule has 1 unspecified atom stereocenters. The van der Waals surface area contributed by atoms with E-state index in [1.807, 2.05) is 0 Å². The molecular weight excluding hydrogens is 508 g/mol. The smallest absolute Gasteiger partial charge is 0.356 e. The maximum atomic E-state index is 12.6. The maximum absolute atomic E-state index is 12.6. The van der Waals surface area contributed by atoms with Crippen LogP contribution in [0.4, 0.5) is 13.2 Å². The van der Waals surface area contributed by atoms with E-state index in [2.05, 4.69) is 36.4 Å². The maximum Gasteiger partial charge on any atom is 0.511 e. The molecule has 0 saturated carbocycles. The van der Waals surface area contributed by atoms with Crippen molar-refractivity contribution in [2.24, 2.45) is 16.8 Å². The molecule has 0 aromatic rings. The van der Waals surface area contributed by atoms with Gasteiger partial charge in [-0.25, -0.2) is 8.42 Å². The number of alkyl halides is 3. The predicted molar refractivity (Wildman–Crippen MR) is 117 cm³/mol. The van der Waals surface area contributed by atoms with Gasteiger partial charge in [0, 0.05) is 32.7 Å². The van der Waals surface area contributed by atoms with Crippen LogP contribution in [-0.4, -0.2) is 56.9 Å². The lowest BCUT2D eigenvalue weighted by molar-refractivity contribution is -0.0496. The molecule has 1 rings (SSSR count). The van der Waals surface area contributed by atoms with E-state index in [1.165, 1.54) is 6.42 Å². The standard InChI is InChI=1S/C17H33F3N4O2S.HI/c1-13(2)6-5-7-14(3)23-16(21-4)22-12-15-8-10-24(11-9-15)27(25,26)17(18,19)20;/h13-15H,5-12H2,1-4H3,(H2,21,22,23);1H. The summed E-state index contributed by atoms with van der Waals surface area (Å²) in [6, 6.07) is 0.272. The van der Waals surface area contributed by atoms with Crippen molar-refractivity contribution in [2.45, 2.75) is 64.4 Å². The summed E-state index contributed by atoms with van der Waals surface area (Å²) in [4.78, 5) is 4.18. The van der Waals surface area contributed by atoms with Gasteiger partial charge in [-0.3, -0.25) is 4.99 Å². The first kappa shape index (κ1) is 27.7. The van der Waals surface area contributed by atoms with Gasteiger partial charge >= 0.3 is 15.5 Å². The minimum Gasteiger partial charge on any atom is -0.356 e. The Morgan fingerprint density at radius 1 is 1.18 bits per heavy atom. The molecule has 0 aromatic carbocycles. The molecule has 168 valence electrons. The number of sulfonamides is 1. The Kier molecular flexibility index (Phi) is 12.3. The second kappa shape index (κ2) is 12.4. The van der Waals surface area contributed by atoms with Crippen molar-refractivity contribution >= 4 is 40.0 Å². The van der Waals surface area contributed by atoms with E-state index in [4.69, 9.17) is 0 Å². The van der Waals surface area contributed by atoms with Gasteiger partial charge in [-0.05, 0) is 38.0 Å². The van der Waals surface area contributed by atoms with Crippen molar-refractivity contribution in [2.75, 3.05) is 26.7 Å². The average molecular weight is 542 g/mol. The Morgan fingerprint density at radius 3 is 2.21 bits per heavy atom. The molecule has 1 saturated heterocycles. The van der Waals surface area contributed by atoms with Crippen molar-refractivity contribution < 1.29 is 21.6 Å². The Balaban J connectivity index is 0.00000729. The molecule has 6 nitrogen and oxygen atoms in total. The molecule has 1 aliphatic heterocycles. The normalized spacial score (nSPS) is 18.6. The molecule has 0 bridgehead atoms. The van der Waals surface area contributed by atoms with Gasteiger partial charge in [0.25, 0.3) is 0 Å². The highest BCUT2D eigenvalue weighted by molar-refractivity contribution is 14.0. The third-order valence-corrected chi connectivity index (χ3v) is 6.42. The second-order valence-electron chi connectivity index (χ2n) is 7.62. The Morgan fingerprint density at radius 2 is 1.75 bits per heavy atom. The summed E-state index contributed by atoms with van der Waals surface area (Å²) in [5.74, 6) is 1.46. The molecule has 0 spiro atoms. The number of aliphatic imine (C=N–C) groups is 1. The number of piperidine rings is 1. The van der Waals surface area contributed by atoms with Crippen molar-refractivity contribution in [3.05, 3.63) is 0 Å². The lowest BCUT2D eigenvalue weighted by atomic mass is 9.98. The topological polar surface area (TPSA) is 73.8 Å². The summed E-state index contributed by atoms with van der Waals surface area (Å²) in [6.07, 6.45) is 4.13. The molecule has 0 amide bonds. The van der Waals surface area contributed by atoms with Gasteiger partial charge in [0.2, 0.25) is 0 Å². The molecule has 1 heterocycles. The SMILES string of the molecule is CN=C(NCC1CCN(S(=O)(=O)C(F)(F)F)CC1)NC(C)CCCC(C)C.I. The highest BCUT2D eigenvalue weighted by Crippen LogP contribution is 2.30. The lowest BCUT2D eigenvalue weighted by Crippen LogP contribution is -2.48. The number of hydrogen-bond donors (Lipinski definition) is 2. The first-order valence-electron chi connectivity index (χ1n) is 9.51. The zero-order valence-corrected chi connectivity index (χ0v) is 20.2. The van der Waals surface area contributed by atoms with Crippen LogP contribution in [0.3, 0.4) is 0 Å². The molecule has 11 heteroatoms. The quantitative estimate of drug-likeness (QED) is 0.280. The molecule has 28 heavy (non-hydrogen) atoms. The summed E-state index contributed by atoms with van der Waals surface area (Å²) in [5, 5.41) is 6.52. The molecule has 1 fully saturated rings. The number of rotatable bonds is 8. The number of nitrogens with zero attached hydrogens (tertiary/aromatic N) is 2. The van der Waals surface area contributed by atoms with Crippen LogP contribution in [0.1, 0.15) is 52.9 Å². The van der Waals surface area contributed by atoms with Crippen LogP contribution in [0, 0.1) is 11.8 Å². The third kappa shape index (κ3) is 9.02. The van der Waals surface area contributed by atoms with E-state index < -0.39 is 15.5 Å². The van der Waals surface area contributed by atoms with Gasteiger partial charge in [0.05, 0.1) is 0 Å². The summed E-state index contributed by atoms with van der Waals surface area (Å²) >= 11 is 0. The number of hydrogen-bond acceptors (Lipinski definition) is 3. The van der Waals surface area contributed by atoms with Crippen LogP contribution < -0.4 is 10.6 Å². The fourth-order valence-electron chi connectivity index (χ4n) is 3.07. The minimum absolute atomic E-state index is 0. The van der Waals surface area contributed by atoms with Gasteiger partial charge in [-0.2, -0.15) is 17.5 Å². The van der Waals surface area contributed by atoms with E-state index in [1.54, 1.807) is 7.05 Å². The largest absolute Gasteiger partial charge is 0.511 e. The van der Waals surface area contributed by atoms with E-state index in [0.29, 0.717) is 35.6 Å². The molecule has 0 aromatic heterocycles. The average Bonchev–Trinajstić information content (AvgIpc) is 2.57. The van der Waals surface area contributed by atoms with Gasteiger partial charge < -0.3 is 10.6 Å². The van der Waals surface area contributed by atoms with Gasteiger partial charge in [0.15, 0.2) is 5.96 Å². The highest BCUT2D eigenvalue weighted by Gasteiger charge is 2.50. The van der Waals surface area contributed by atoms with Crippen molar-refractivity contribution in [1.82, 2.24) is 14.9 Å². The zero-order valence-electron chi connectivity index (χ0n) is 17.1. The molecular formula is C17H34F3IN4O2S. The molecule has 2 N–H and O–H groups in total. The van der Waals surface area contributed by atoms with E-state index in [9.17, 15) is 21.6 Å². The molecule has 0 radical (unpaired) electrons. The van der Waals surface area contributed by atoms with E-state index in [-0.39, 0.29) is 49.0 Å². The Hall–Kier alpha value is -0.300. The van der Waals surface area contributed by atoms with Crippen molar-refractivity contribution in [3.63, 3.8) is 0 Å². The highest BCUT2D eigenvalue weighted by atomic mass is 127. The molecule has 1 aliphatic rings. The second-order valence-corrected chi connectivity index (χ2v) is 9.55.